The summed E-state index contributed by atoms with van der Waals surface area (Å²) in [4.78, 5) is 11.8. The molecule has 0 N–H and O–H groups in total. The summed E-state index contributed by atoms with van der Waals surface area (Å²) in [6, 6.07) is 9.19. The van der Waals surface area contributed by atoms with Gasteiger partial charge in [0, 0.05) is 12.6 Å². The molecule has 0 fully saturated rings. The van der Waals surface area contributed by atoms with E-state index in [1.807, 2.05) is 30.3 Å². The first kappa shape index (κ1) is 15.2. The molecule has 0 aliphatic rings. The third-order valence-electron chi connectivity index (χ3n) is 2.66. The largest absolute Gasteiger partial charge is 0.411 e. The SMILES string of the molecule is O=C(CCOCC(F)(F)F)c1cnn(-c2ccccc2)c1. The summed E-state index contributed by atoms with van der Waals surface area (Å²) in [6.07, 6.45) is -1.56. The molecule has 1 aromatic carbocycles. The van der Waals surface area contributed by atoms with Crippen LogP contribution < -0.4 is 0 Å². The van der Waals surface area contributed by atoms with Crippen LogP contribution in [0, 0.1) is 0 Å². The fourth-order valence-corrected chi connectivity index (χ4v) is 1.69. The second-order valence-electron chi connectivity index (χ2n) is 4.35. The number of halogens is 3. The van der Waals surface area contributed by atoms with E-state index in [9.17, 15) is 18.0 Å². The van der Waals surface area contributed by atoms with Crippen molar-refractivity contribution in [3.63, 3.8) is 0 Å². The van der Waals surface area contributed by atoms with Crippen molar-refractivity contribution in [3.05, 3.63) is 48.3 Å². The van der Waals surface area contributed by atoms with Crippen LogP contribution in [-0.2, 0) is 4.74 Å². The van der Waals surface area contributed by atoms with Crippen molar-refractivity contribution in [2.75, 3.05) is 13.2 Å². The summed E-state index contributed by atoms with van der Waals surface area (Å²) in [5.74, 6) is -0.306. The van der Waals surface area contributed by atoms with Crippen molar-refractivity contribution in [2.45, 2.75) is 12.6 Å². The number of rotatable bonds is 6. The molecule has 2 rings (SSSR count). The van der Waals surface area contributed by atoms with Gasteiger partial charge in [0.2, 0.25) is 0 Å². The number of para-hydroxylation sites is 1. The van der Waals surface area contributed by atoms with Crippen LogP contribution in [0.2, 0.25) is 0 Å². The summed E-state index contributed by atoms with van der Waals surface area (Å²) in [5, 5.41) is 4.05. The van der Waals surface area contributed by atoms with Crippen molar-refractivity contribution in [2.24, 2.45) is 0 Å². The molecule has 0 spiro atoms. The number of ketones is 1. The van der Waals surface area contributed by atoms with Crippen molar-refractivity contribution in [3.8, 4) is 5.69 Å². The summed E-state index contributed by atoms with van der Waals surface area (Å²) in [7, 11) is 0. The Morgan fingerprint density at radius 1 is 1.24 bits per heavy atom. The molecular formula is C14H13F3N2O2. The quantitative estimate of drug-likeness (QED) is 0.608. The Hall–Kier alpha value is -2.15. The number of alkyl halides is 3. The zero-order valence-electron chi connectivity index (χ0n) is 11.0. The minimum atomic E-state index is -4.37. The second kappa shape index (κ2) is 6.53. The third-order valence-corrected chi connectivity index (χ3v) is 2.66. The maximum Gasteiger partial charge on any atom is 0.411 e. The predicted octanol–water partition coefficient (Wildman–Crippen LogP) is 3.02. The molecule has 0 atom stereocenters. The topological polar surface area (TPSA) is 44.1 Å². The number of carbonyl (C=O) groups excluding carboxylic acids is 1. The van der Waals surface area contributed by atoms with Crippen molar-refractivity contribution in [1.29, 1.82) is 0 Å². The molecule has 1 heterocycles. The Morgan fingerprint density at radius 2 is 1.95 bits per heavy atom. The van der Waals surface area contributed by atoms with Crippen LogP contribution in [0.3, 0.4) is 0 Å². The van der Waals surface area contributed by atoms with Gasteiger partial charge >= 0.3 is 6.18 Å². The van der Waals surface area contributed by atoms with Crippen LogP contribution in [0.5, 0.6) is 0 Å². The van der Waals surface area contributed by atoms with E-state index in [-0.39, 0.29) is 18.8 Å². The standard InChI is InChI=1S/C14H13F3N2O2/c15-14(16,17)10-21-7-6-13(20)11-8-18-19(9-11)12-4-2-1-3-5-12/h1-5,8-9H,6-7,10H2. The van der Waals surface area contributed by atoms with Gasteiger partial charge in [0.1, 0.15) is 6.61 Å². The number of nitrogens with zero attached hydrogens (tertiary/aromatic N) is 2. The Balaban J connectivity index is 1.88. The van der Waals surface area contributed by atoms with E-state index in [0.717, 1.165) is 5.69 Å². The lowest BCUT2D eigenvalue weighted by Crippen LogP contribution is -2.18. The van der Waals surface area contributed by atoms with E-state index in [1.165, 1.54) is 10.9 Å². The molecule has 0 aliphatic heterocycles. The number of carbonyl (C=O) groups is 1. The second-order valence-corrected chi connectivity index (χ2v) is 4.35. The minimum absolute atomic E-state index is 0.115. The molecule has 7 heteroatoms. The van der Waals surface area contributed by atoms with Gasteiger partial charge < -0.3 is 4.74 Å². The highest BCUT2D eigenvalue weighted by molar-refractivity contribution is 5.95. The fraction of sp³-hybridized carbons (Fsp3) is 0.286. The van der Waals surface area contributed by atoms with Gasteiger partial charge in [0.05, 0.1) is 24.1 Å². The van der Waals surface area contributed by atoms with Gasteiger partial charge in [-0.1, -0.05) is 18.2 Å². The number of Topliss-reactive ketones (excluding diaryl/α,β-unsaturated/α-hetero) is 1. The highest BCUT2D eigenvalue weighted by Gasteiger charge is 2.27. The highest BCUT2D eigenvalue weighted by atomic mass is 19.4. The number of hydrogen-bond acceptors (Lipinski definition) is 3. The van der Waals surface area contributed by atoms with Crippen LogP contribution >= 0.6 is 0 Å². The van der Waals surface area contributed by atoms with Crippen LogP contribution in [-0.4, -0.2) is 35.0 Å². The van der Waals surface area contributed by atoms with Gasteiger partial charge in [-0.2, -0.15) is 18.3 Å². The smallest absolute Gasteiger partial charge is 0.372 e. The van der Waals surface area contributed by atoms with E-state index in [0.29, 0.717) is 5.56 Å². The zero-order valence-corrected chi connectivity index (χ0v) is 11.0. The lowest BCUT2D eigenvalue weighted by Gasteiger charge is -2.06. The average Bonchev–Trinajstić information content (AvgIpc) is 2.93. The van der Waals surface area contributed by atoms with Gasteiger partial charge in [-0.15, -0.1) is 0 Å². The molecule has 0 unspecified atom stereocenters. The van der Waals surface area contributed by atoms with Crippen molar-refractivity contribution in [1.82, 2.24) is 9.78 Å². The van der Waals surface area contributed by atoms with E-state index < -0.39 is 12.8 Å². The molecule has 0 bridgehead atoms. The first-order valence-electron chi connectivity index (χ1n) is 6.23. The van der Waals surface area contributed by atoms with E-state index in [1.54, 1.807) is 6.20 Å². The molecule has 4 nitrogen and oxygen atoms in total. The van der Waals surface area contributed by atoms with Crippen LogP contribution in [0.4, 0.5) is 13.2 Å². The Bertz CT molecular complexity index is 594. The zero-order chi connectivity index (χ0) is 15.3. The summed E-state index contributed by atoms with van der Waals surface area (Å²) >= 11 is 0. The highest BCUT2D eigenvalue weighted by Crippen LogP contribution is 2.15. The number of aromatic nitrogens is 2. The summed E-state index contributed by atoms with van der Waals surface area (Å²) in [6.45, 7) is -1.61. The van der Waals surface area contributed by atoms with Gasteiger partial charge in [0.15, 0.2) is 5.78 Å². The summed E-state index contributed by atoms with van der Waals surface area (Å²) in [5.41, 5.74) is 1.14. The maximum atomic E-state index is 11.9. The molecule has 0 radical (unpaired) electrons. The maximum absolute atomic E-state index is 11.9. The normalized spacial score (nSPS) is 11.6. The van der Waals surface area contributed by atoms with Gasteiger partial charge in [-0.25, -0.2) is 4.68 Å². The lowest BCUT2D eigenvalue weighted by atomic mass is 10.2. The van der Waals surface area contributed by atoms with E-state index in [4.69, 9.17) is 0 Å². The summed E-state index contributed by atoms with van der Waals surface area (Å²) < 4.78 is 41.6. The fourth-order valence-electron chi connectivity index (χ4n) is 1.69. The number of hydrogen-bond donors (Lipinski definition) is 0. The Labute approximate surface area is 119 Å². The van der Waals surface area contributed by atoms with Gasteiger partial charge in [0.25, 0.3) is 0 Å². The number of benzene rings is 1. The molecule has 0 saturated heterocycles. The Morgan fingerprint density at radius 3 is 2.62 bits per heavy atom. The molecular weight excluding hydrogens is 285 g/mol. The average molecular weight is 298 g/mol. The van der Waals surface area contributed by atoms with Gasteiger partial charge in [-0.3, -0.25) is 4.79 Å². The molecule has 1 aromatic heterocycles. The van der Waals surface area contributed by atoms with Crippen LogP contribution in [0.25, 0.3) is 5.69 Å². The first-order valence-corrected chi connectivity index (χ1v) is 6.23. The predicted molar refractivity (Wildman–Crippen MR) is 69.4 cm³/mol. The minimum Gasteiger partial charge on any atom is -0.372 e. The monoisotopic (exact) mass is 298 g/mol. The van der Waals surface area contributed by atoms with E-state index in [2.05, 4.69) is 9.84 Å². The number of ether oxygens (including phenoxy) is 1. The van der Waals surface area contributed by atoms with Crippen LogP contribution in [0.15, 0.2) is 42.7 Å². The molecule has 0 aliphatic carbocycles. The molecule has 0 amide bonds. The Kier molecular flexibility index (Phi) is 4.74. The lowest BCUT2D eigenvalue weighted by molar-refractivity contribution is -0.173. The first-order chi connectivity index (χ1) is 9.96. The van der Waals surface area contributed by atoms with E-state index >= 15 is 0 Å². The van der Waals surface area contributed by atoms with Gasteiger partial charge in [-0.05, 0) is 12.1 Å². The van der Waals surface area contributed by atoms with Crippen molar-refractivity contribution < 1.29 is 22.7 Å². The van der Waals surface area contributed by atoms with Crippen molar-refractivity contribution >= 4 is 5.78 Å². The molecule has 2 aromatic rings. The molecule has 21 heavy (non-hydrogen) atoms. The molecule has 112 valence electrons. The molecule has 0 saturated carbocycles. The third kappa shape index (κ3) is 4.71. The van der Waals surface area contributed by atoms with Crippen LogP contribution in [0.1, 0.15) is 16.8 Å².